The molecule has 27 heavy (non-hydrogen) atoms. The summed E-state index contributed by atoms with van der Waals surface area (Å²) in [5.74, 6) is 1.23. The Kier molecular flexibility index (Phi) is 5.56. The highest BCUT2D eigenvalue weighted by molar-refractivity contribution is 9.10. The first-order chi connectivity index (χ1) is 12.7. The highest BCUT2D eigenvalue weighted by Gasteiger charge is 2.31. The monoisotopic (exact) mass is 429 g/mol. The zero-order valence-electron chi connectivity index (χ0n) is 15.8. The van der Waals surface area contributed by atoms with Crippen molar-refractivity contribution in [3.8, 4) is 5.75 Å². The number of benzene rings is 1. The van der Waals surface area contributed by atoms with Crippen molar-refractivity contribution >= 4 is 33.7 Å². The minimum atomic E-state index is -0.165. The zero-order chi connectivity index (χ0) is 19.6. The van der Waals surface area contributed by atoms with E-state index in [1.807, 2.05) is 6.07 Å². The molecule has 1 unspecified atom stereocenters. The maximum absolute atomic E-state index is 12.1. The average molecular weight is 430 g/mol. The van der Waals surface area contributed by atoms with E-state index >= 15 is 0 Å². The fraction of sp³-hybridized carbons (Fsp3) is 0.333. The fourth-order valence-electron chi connectivity index (χ4n) is 3.03. The molecule has 1 atom stereocenters. The van der Waals surface area contributed by atoms with Crippen LogP contribution in [0.2, 0.25) is 0 Å². The second-order valence-corrected chi connectivity index (χ2v) is 8.55. The number of hydrogen-bond donors (Lipinski definition) is 2. The summed E-state index contributed by atoms with van der Waals surface area (Å²) in [6, 6.07) is 7.70. The molecule has 0 saturated heterocycles. The third-order valence-corrected chi connectivity index (χ3v) is 5.21. The van der Waals surface area contributed by atoms with Gasteiger partial charge in [0, 0.05) is 28.7 Å². The normalized spacial score (nSPS) is 16.2. The van der Waals surface area contributed by atoms with Crippen LogP contribution in [-0.4, -0.2) is 23.5 Å². The number of hydrogen-bond acceptors (Lipinski definition) is 4. The van der Waals surface area contributed by atoms with E-state index < -0.39 is 0 Å². The molecule has 0 radical (unpaired) electrons. The lowest BCUT2D eigenvalue weighted by molar-refractivity contribution is -0.116. The van der Waals surface area contributed by atoms with Gasteiger partial charge in [0.2, 0.25) is 5.91 Å². The Morgan fingerprint density at radius 3 is 2.81 bits per heavy atom. The maximum Gasteiger partial charge on any atom is 0.244 e. The molecule has 0 saturated carbocycles. The summed E-state index contributed by atoms with van der Waals surface area (Å²) >= 11 is 3.62. The van der Waals surface area contributed by atoms with Gasteiger partial charge in [-0.2, -0.15) is 0 Å². The SMILES string of the molecule is CC(C)(C)c1ccc(Br)c2c1OC(CNC(=O)/C=C/c1ccc(N)nc1)C2. The molecule has 1 aromatic heterocycles. The molecule has 0 aliphatic carbocycles. The number of carbonyl (C=O) groups is 1. The summed E-state index contributed by atoms with van der Waals surface area (Å²) in [5.41, 5.74) is 8.73. The Balaban J connectivity index is 1.60. The van der Waals surface area contributed by atoms with Crippen LogP contribution in [0.1, 0.15) is 37.5 Å². The molecule has 1 amide bonds. The molecular formula is C21H24BrN3O2. The molecule has 3 rings (SSSR count). The lowest BCUT2D eigenvalue weighted by atomic mass is 9.85. The summed E-state index contributed by atoms with van der Waals surface area (Å²) in [6.45, 7) is 6.97. The van der Waals surface area contributed by atoms with E-state index in [4.69, 9.17) is 10.5 Å². The van der Waals surface area contributed by atoms with Gasteiger partial charge in [0.05, 0.1) is 6.54 Å². The van der Waals surface area contributed by atoms with Crippen LogP contribution >= 0.6 is 15.9 Å². The second-order valence-electron chi connectivity index (χ2n) is 7.69. The first-order valence-corrected chi connectivity index (χ1v) is 9.69. The quantitative estimate of drug-likeness (QED) is 0.723. The predicted octanol–water partition coefficient (Wildman–Crippen LogP) is 3.86. The number of nitrogens with one attached hydrogen (secondary N) is 1. The zero-order valence-corrected chi connectivity index (χ0v) is 17.3. The molecule has 6 heteroatoms. The first kappa shape index (κ1) is 19.4. The van der Waals surface area contributed by atoms with E-state index in [-0.39, 0.29) is 17.4 Å². The van der Waals surface area contributed by atoms with E-state index in [0.717, 1.165) is 22.2 Å². The molecule has 0 bridgehead atoms. The largest absolute Gasteiger partial charge is 0.488 e. The Labute approximate surface area is 168 Å². The van der Waals surface area contributed by atoms with Crippen molar-refractivity contribution in [1.82, 2.24) is 10.3 Å². The van der Waals surface area contributed by atoms with Crippen LogP contribution in [0.4, 0.5) is 5.82 Å². The fourth-order valence-corrected chi connectivity index (χ4v) is 3.50. The molecule has 2 heterocycles. The van der Waals surface area contributed by atoms with Crippen molar-refractivity contribution in [1.29, 1.82) is 0 Å². The number of nitrogen functional groups attached to an aromatic ring is 1. The first-order valence-electron chi connectivity index (χ1n) is 8.90. The summed E-state index contributed by atoms with van der Waals surface area (Å²) in [5, 5.41) is 2.91. The van der Waals surface area contributed by atoms with Gasteiger partial charge in [0.25, 0.3) is 0 Å². The van der Waals surface area contributed by atoms with Crippen LogP contribution < -0.4 is 15.8 Å². The van der Waals surface area contributed by atoms with E-state index in [9.17, 15) is 4.79 Å². The minimum absolute atomic E-state index is 0.00122. The standard InChI is InChI=1S/C21H24BrN3O2/c1-21(2,3)16-6-7-17(22)15-10-14(27-20(15)16)12-25-19(26)9-5-13-4-8-18(23)24-11-13/h4-9,11,14H,10,12H2,1-3H3,(H2,23,24)(H,25,26)/b9-5+. The topological polar surface area (TPSA) is 77.2 Å². The van der Waals surface area contributed by atoms with Crippen LogP contribution in [0.3, 0.4) is 0 Å². The van der Waals surface area contributed by atoms with E-state index in [0.29, 0.717) is 12.4 Å². The number of carbonyl (C=O) groups excluding carboxylic acids is 1. The molecule has 0 spiro atoms. The van der Waals surface area contributed by atoms with Crippen molar-refractivity contribution in [2.24, 2.45) is 0 Å². The van der Waals surface area contributed by atoms with Crippen molar-refractivity contribution in [3.05, 3.63) is 57.7 Å². The van der Waals surface area contributed by atoms with Gasteiger partial charge in [0.1, 0.15) is 17.7 Å². The minimum Gasteiger partial charge on any atom is -0.488 e. The van der Waals surface area contributed by atoms with Crippen molar-refractivity contribution in [3.63, 3.8) is 0 Å². The van der Waals surface area contributed by atoms with Crippen LogP contribution in [-0.2, 0) is 16.6 Å². The average Bonchev–Trinajstić information content (AvgIpc) is 3.03. The van der Waals surface area contributed by atoms with Gasteiger partial charge in [-0.1, -0.05) is 42.8 Å². The number of fused-ring (bicyclic) bond motifs is 1. The number of amides is 1. The maximum atomic E-state index is 12.1. The number of halogens is 1. The van der Waals surface area contributed by atoms with Gasteiger partial charge in [-0.3, -0.25) is 4.79 Å². The van der Waals surface area contributed by atoms with E-state index in [2.05, 4.69) is 59.1 Å². The van der Waals surface area contributed by atoms with Crippen molar-refractivity contribution in [2.45, 2.75) is 38.7 Å². The summed E-state index contributed by atoms with van der Waals surface area (Å²) in [7, 11) is 0. The molecule has 1 aromatic carbocycles. The highest BCUT2D eigenvalue weighted by Crippen LogP contribution is 2.42. The van der Waals surface area contributed by atoms with Crippen LogP contribution in [0.25, 0.3) is 6.08 Å². The Hall–Kier alpha value is -2.34. The summed E-state index contributed by atoms with van der Waals surface area (Å²) < 4.78 is 7.23. The second kappa shape index (κ2) is 7.72. The summed E-state index contributed by atoms with van der Waals surface area (Å²) in [6.07, 6.45) is 5.52. The smallest absolute Gasteiger partial charge is 0.244 e. The third-order valence-electron chi connectivity index (χ3n) is 4.47. The molecule has 1 aliphatic rings. The van der Waals surface area contributed by atoms with Gasteiger partial charge in [-0.05, 0) is 40.8 Å². The number of ether oxygens (including phenoxy) is 1. The van der Waals surface area contributed by atoms with Crippen molar-refractivity contribution in [2.75, 3.05) is 12.3 Å². The molecule has 1 aliphatic heterocycles. The Morgan fingerprint density at radius 2 is 2.15 bits per heavy atom. The number of nitrogens with zero attached hydrogens (tertiary/aromatic N) is 1. The van der Waals surface area contributed by atoms with Crippen LogP contribution in [0.15, 0.2) is 41.0 Å². The van der Waals surface area contributed by atoms with Crippen molar-refractivity contribution < 1.29 is 9.53 Å². The number of pyridine rings is 1. The molecule has 0 fully saturated rings. The van der Waals surface area contributed by atoms with E-state index in [1.54, 1.807) is 18.3 Å². The molecule has 5 nitrogen and oxygen atoms in total. The van der Waals surface area contributed by atoms with Gasteiger partial charge < -0.3 is 15.8 Å². The van der Waals surface area contributed by atoms with Gasteiger partial charge >= 0.3 is 0 Å². The highest BCUT2D eigenvalue weighted by atomic mass is 79.9. The molecule has 3 N–H and O–H groups in total. The Bertz CT molecular complexity index is 870. The van der Waals surface area contributed by atoms with Gasteiger partial charge in [0.15, 0.2) is 0 Å². The lowest BCUT2D eigenvalue weighted by Crippen LogP contribution is -2.33. The lowest BCUT2D eigenvalue weighted by Gasteiger charge is -2.23. The summed E-state index contributed by atoms with van der Waals surface area (Å²) in [4.78, 5) is 16.1. The number of rotatable bonds is 4. The Morgan fingerprint density at radius 1 is 1.37 bits per heavy atom. The van der Waals surface area contributed by atoms with Crippen LogP contribution in [0, 0.1) is 0 Å². The molecule has 2 aromatic rings. The van der Waals surface area contributed by atoms with Gasteiger partial charge in [-0.15, -0.1) is 0 Å². The van der Waals surface area contributed by atoms with E-state index in [1.165, 1.54) is 17.2 Å². The van der Waals surface area contributed by atoms with Crippen LogP contribution in [0.5, 0.6) is 5.75 Å². The van der Waals surface area contributed by atoms with Gasteiger partial charge in [-0.25, -0.2) is 4.98 Å². The number of nitrogens with two attached hydrogens (primary N) is 1. The predicted molar refractivity (Wildman–Crippen MR) is 112 cm³/mol. The number of aromatic nitrogens is 1. The molecule has 142 valence electrons. The number of anilines is 1. The third kappa shape index (κ3) is 4.69. The molecular weight excluding hydrogens is 406 g/mol.